The largest absolute Gasteiger partial charge is 0.417 e. The number of amides is 2. The van der Waals surface area contributed by atoms with Gasteiger partial charge in [-0.25, -0.2) is 4.98 Å². The zero-order valence-electron chi connectivity index (χ0n) is 15.5. The van der Waals surface area contributed by atoms with Crippen molar-refractivity contribution in [2.24, 2.45) is 5.41 Å². The summed E-state index contributed by atoms with van der Waals surface area (Å²) in [6, 6.07) is 2.42. The van der Waals surface area contributed by atoms with Crippen LogP contribution in [0.2, 0.25) is 0 Å². The molecule has 1 aliphatic carbocycles. The number of halogens is 3. The molecule has 3 fully saturated rings. The molecule has 0 bridgehead atoms. The molecule has 4 rings (SSSR count). The van der Waals surface area contributed by atoms with E-state index in [0.717, 1.165) is 37.9 Å². The molecule has 2 amide bonds. The summed E-state index contributed by atoms with van der Waals surface area (Å²) in [5, 5.41) is 0. The van der Waals surface area contributed by atoms with Crippen molar-refractivity contribution in [2.75, 3.05) is 37.7 Å². The summed E-state index contributed by atoms with van der Waals surface area (Å²) < 4.78 is 38.0. The quantitative estimate of drug-likeness (QED) is 0.735. The molecule has 1 saturated carbocycles. The van der Waals surface area contributed by atoms with E-state index in [0.29, 0.717) is 45.1 Å². The molecule has 0 aromatic carbocycles. The number of alkyl halides is 3. The number of rotatable bonds is 3. The first-order valence-electron chi connectivity index (χ1n) is 9.64. The second kappa shape index (κ2) is 7.02. The number of anilines is 1. The van der Waals surface area contributed by atoms with Crippen LogP contribution in [0.1, 0.15) is 37.7 Å². The Bertz CT molecular complexity index is 751. The normalized spacial score (nSPS) is 23.2. The fraction of sp³-hybridized carbons (Fsp3) is 0.632. The SMILES string of the molecule is O=C1CC2(CCCC2)C(=O)N1CN1CCN(c2ccc(C(F)(F)F)cn2)CC1. The summed E-state index contributed by atoms with van der Waals surface area (Å²) in [5.74, 6) is 0.395. The van der Waals surface area contributed by atoms with Crippen molar-refractivity contribution in [1.29, 1.82) is 0 Å². The lowest BCUT2D eigenvalue weighted by Crippen LogP contribution is -2.51. The van der Waals surface area contributed by atoms with Gasteiger partial charge in [0.25, 0.3) is 0 Å². The van der Waals surface area contributed by atoms with Crippen LogP contribution >= 0.6 is 0 Å². The Hall–Kier alpha value is -2.16. The Kier molecular flexibility index (Phi) is 4.81. The Morgan fingerprint density at radius 2 is 1.71 bits per heavy atom. The molecule has 3 aliphatic rings. The number of aromatic nitrogens is 1. The molecule has 0 atom stereocenters. The van der Waals surface area contributed by atoms with E-state index in [-0.39, 0.29) is 11.8 Å². The minimum atomic E-state index is -4.39. The van der Waals surface area contributed by atoms with Crippen LogP contribution in [0, 0.1) is 5.41 Å². The van der Waals surface area contributed by atoms with Gasteiger partial charge in [0.05, 0.1) is 17.6 Å². The maximum absolute atomic E-state index is 12.8. The molecule has 152 valence electrons. The van der Waals surface area contributed by atoms with Crippen molar-refractivity contribution in [1.82, 2.24) is 14.8 Å². The monoisotopic (exact) mass is 396 g/mol. The van der Waals surface area contributed by atoms with Crippen molar-refractivity contribution < 1.29 is 22.8 Å². The molecule has 1 aromatic rings. The number of hydrogen-bond acceptors (Lipinski definition) is 5. The minimum Gasteiger partial charge on any atom is -0.354 e. The Morgan fingerprint density at radius 3 is 2.29 bits per heavy atom. The summed E-state index contributed by atoms with van der Waals surface area (Å²) in [5.41, 5.74) is -1.22. The average molecular weight is 396 g/mol. The van der Waals surface area contributed by atoms with Crippen LogP contribution in [0.4, 0.5) is 19.0 Å². The van der Waals surface area contributed by atoms with Crippen LogP contribution in [0.25, 0.3) is 0 Å². The highest BCUT2D eigenvalue weighted by molar-refractivity contribution is 6.06. The van der Waals surface area contributed by atoms with E-state index >= 15 is 0 Å². The van der Waals surface area contributed by atoms with Gasteiger partial charge < -0.3 is 4.90 Å². The second-order valence-electron chi connectivity index (χ2n) is 7.94. The van der Waals surface area contributed by atoms with Gasteiger partial charge >= 0.3 is 6.18 Å². The Labute approximate surface area is 161 Å². The molecular formula is C19H23F3N4O2. The van der Waals surface area contributed by atoms with Crippen molar-refractivity contribution in [3.63, 3.8) is 0 Å². The lowest BCUT2D eigenvalue weighted by atomic mass is 9.85. The maximum atomic E-state index is 12.8. The van der Waals surface area contributed by atoms with Crippen LogP contribution in [0.5, 0.6) is 0 Å². The number of carbonyl (C=O) groups excluding carboxylic acids is 2. The topological polar surface area (TPSA) is 56.8 Å². The van der Waals surface area contributed by atoms with Gasteiger partial charge in [0.1, 0.15) is 5.82 Å². The summed E-state index contributed by atoms with van der Waals surface area (Å²) in [6.07, 6.45) is 0.418. The van der Waals surface area contributed by atoms with Crippen LogP contribution in [-0.2, 0) is 15.8 Å². The minimum absolute atomic E-state index is 0.0261. The van der Waals surface area contributed by atoms with Gasteiger partial charge in [0, 0.05) is 38.8 Å². The number of nitrogens with zero attached hydrogens (tertiary/aromatic N) is 4. The number of likely N-dealkylation sites (tertiary alicyclic amines) is 1. The first-order chi connectivity index (χ1) is 13.3. The van der Waals surface area contributed by atoms with Crippen molar-refractivity contribution in [3.8, 4) is 0 Å². The Balaban J connectivity index is 1.33. The van der Waals surface area contributed by atoms with E-state index in [4.69, 9.17) is 0 Å². The number of hydrogen-bond donors (Lipinski definition) is 0. The lowest BCUT2D eigenvalue weighted by molar-refractivity contribution is -0.144. The zero-order valence-corrected chi connectivity index (χ0v) is 15.5. The van der Waals surface area contributed by atoms with Crippen LogP contribution < -0.4 is 4.90 Å². The highest BCUT2D eigenvalue weighted by Crippen LogP contribution is 2.46. The lowest BCUT2D eigenvalue weighted by Gasteiger charge is -2.37. The van der Waals surface area contributed by atoms with Gasteiger partial charge in [-0.15, -0.1) is 0 Å². The number of carbonyl (C=O) groups is 2. The zero-order chi connectivity index (χ0) is 19.9. The van der Waals surface area contributed by atoms with Gasteiger partial charge in [-0.05, 0) is 25.0 Å². The highest BCUT2D eigenvalue weighted by atomic mass is 19.4. The van der Waals surface area contributed by atoms with Crippen molar-refractivity contribution in [2.45, 2.75) is 38.3 Å². The van der Waals surface area contributed by atoms with Crippen molar-refractivity contribution >= 4 is 17.6 Å². The first kappa shape index (κ1) is 19.2. The molecular weight excluding hydrogens is 373 g/mol. The van der Waals surface area contributed by atoms with E-state index in [1.54, 1.807) is 0 Å². The molecule has 3 heterocycles. The fourth-order valence-electron chi connectivity index (χ4n) is 4.50. The third-order valence-corrected chi connectivity index (χ3v) is 6.16. The number of pyridine rings is 1. The van der Waals surface area contributed by atoms with Gasteiger partial charge in [-0.2, -0.15) is 13.2 Å². The van der Waals surface area contributed by atoms with E-state index in [9.17, 15) is 22.8 Å². The maximum Gasteiger partial charge on any atom is 0.417 e. The van der Waals surface area contributed by atoms with Crippen LogP contribution in [-0.4, -0.2) is 59.4 Å². The number of piperazine rings is 1. The smallest absolute Gasteiger partial charge is 0.354 e. The van der Waals surface area contributed by atoms with Crippen LogP contribution in [0.15, 0.2) is 18.3 Å². The predicted octanol–water partition coefficient (Wildman–Crippen LogP) is 2.50. The molecule has 1 spiro atoms. The van der Waals surface area contributed by atoms with E-state index in [2.05, 4.69) is 4.98 Å². The Morgan fingerprint density at radius 1 is 1.04 bits per heavy atom. The fourth-order valence-corrected chi connectivity index (χ4v) is 4.50. The molecule has 28 heavy (non-hydrogen) atoms. The molecule has 2 aliphatic heterocycles. The molecule has 0 N–H and O–H groups in total. The second-order valence-corrected chi connectivity index (χ2v) is 7.94. The highest BCUT2D eigenvalue weighted by Gasteiger charge is 2.52. The number of imide groups is 1. The summed E-state index contributed by atoms with van der Waals surface area (Å²) in [6.45, 7) is 2.70. The summed E-state index contributed by atoms with van der Waals surface area (Å²) >= 11 is 0. The summed E-state index contributed by atoms with van der Waals surface area (Å²) in [4.78, 5) is 34.5. The van der Waals surface area contributed by atoms with Crippen LogP contribution in [0.3, 0.4) is 0 Å². The molecule has 2 saturated heterocycles. The molecule has 1 aromatic heterocycles. The van der Waals surface area contributed by atoms with Gasteiger partial charge in [-0.1, -0.05) is 12.8 Å². The average Bonchev–Trinajstić information content (AvgIpc) is 3.23. The molecule has 0 unspecified atom stereocenters. The standard InChI is InChI=1S/C19H23F3N4O2/c20-19(21,22)14-3-4-15(23-12-14)25-9-7-24(8-10-25)13-26-16(27)11-18(17(26)28)5-1-2-6-18/h3-4,12H,1-2,5-11,13H2. The van der Waals surface area contributed by atoms with Gasteiger partial charge in [0.2, 0.25) is 11.8 Å². The third-order valence-electron chi connectivity index (χ3n) is 6.16. The van der Waals surface area contributed by atoms with Crippen molar-refractivity contribution in [3.05, 3.63) is 23.9 Å². The molecule has 0 radical (unpaired) electrons. The predicted molar refractivity (Wildman–Crippen MR) is 95.3 cm³/mol. The third kappa shape index (κ3) is 3.47. The first-order valence-corrected chi connectivity index (χ1v) is 9.64. The molecule has 9 heteroatoms. The van der Waals surface area contributed by atoms with E-state index in [1.165, 1.54) is 11.0 Å². The summed E-state index contributed by atoms with van der Waals surface area (Å²) in [7, 11) is 0. The van der Waals surface area contributed by atoms with E-state index < -0.39 is 17.2 Å². The molecule has 6 nitrogen and oxygen atoms in total. The van der Waals surface area contributed by atoms with E-state index in [1.807, 2.05) is 9.80 Å². The van der Waals surface area contributed by atoms with Gasteiger partial charge in [0.15, 0.2) is 0 Å². The van der Waals surface area contributed by atoms with Gasteiger partial charge in [-0.3, -0.25) is 19.4 Å².